The zero-order chi connectivity index (χ0) is 26.3. The summed E-state index contributed by atoms with van der Waals surface area (Å²) in [6.45, 7) is 8.01. The van der Waals surface area contributed by atoms with Crippen molar-refractivity contribution in [1.82, 2.24) is 5.32 Å². The van der Waals surface area contributed by atoms with Crippen molar-refractivity contribution in [3.05, 3.63) is 11.6 Å². The molecule has 7 nitrogen and oxygen atoms in total. The lowest BCUT2D eigenvalue weighted by atomic mass is 9.46. The van der Waals surface area contributed by atoms with E-state index in [0.717, 1.165) is 50.7 Å². The van der Waals surface area contributed by atoms with Gasteiger partial charge in [-0.25, -0.2) is 4.79 Å². The second-order valence-corrected chi connectivity index (χ2v) is 12.1. The minimum atomic E-state index is -1.04. The van der Waals surface area contributed by atoms with Crippen molar-refractivity contribution in [3.63, 3.8) is 0 Å². The second-order valence-electron chi connectivity index (χ2n) is 12.1. The summed E-state index contributed by atoms with van der Waals surface area (Å²) in [6.07, 6.45) is 16.3. The Kier molecular flexibility index (Phi) is 7.31. The van der Waals surface area contributed by atoms with Crippen molar-refractivity contribution < 1.29 is 24.6 Å². The average molecular weight is 499 g/mol. The molecule has 0 spiro atoms. The van der Waals surface area contributed by atoms with Gasteiger partial charge < -0.3 is 20.4 Å². The molecule has 4 aliphatic carbocycles. The predicted octanol–water partition coefficient (Wildman–Crippen LogP) is 4.30. The van der Waals surface area contributed by atoms with Gasteiger partial charge in [-0.1, -0.05) is 50.8 Å². The van der Waals surface area contributed by atoms with Crippen molar-refractivity contribution >= 4 is 17.6 Å². The van der Waals surface area contributed by atoms with Gasteiger partial charge >= 0.3 is 5.97 Å². The van der Waals surface area contributed by atoms with Crippen LogP contribution in [-0.4, -0.2) is 46.1 Å². The molecular formula is C29H42N2O5. The number of oxime groups is 1. The summed E-state index contributed by atoms with van der Waals surface area (Å²) in [5, 5.41) is 27.3. The van der Waals surface area contributed by atoms with E-state index >= 15 is 0 Å². The number of allylic oxidation sites excluding steroid dienone is 2. The predicted molar refractivity (Wildman–Crippen MR) is 138 cm³/mol. The van der Waals surface area contributed by atoms with Gasteiger partial charge in [-0.3, -0.25) is 4.79 Å². The lowest BCUT2D eigenvalue weighted by Gasteiger charge is -2.58. The third-order valence-electron chi connectivity index (χ3n) is 10.5. The second kappa shape index (κ2) is 9.85. The van der Waals surface area contributed by atoms with E-state index in [0.29, 0.717) is 30.6 Å². The maximum absolute atomic E-state index is 12.2. The molecule has 0 aromatic rings. The van der Waals surface area contributed by atoms with Gasteiger partial charge in [-0.2, -0.15) is 0 Å². The van der Waals surface area contributed by atoms with E-state index in [-0.39, 0.29) is 23.4 Å². The molecule has 7 heteroatoms. The number of rotatable bonds is 7. The van der Waals surface area contributed by atoms with Gasteiger partial charge in [-0.15, -0.1) is 6.42 Å². The van der Waals surface area contributed by atoms with Crippen LogP contribution >= 0.6 is 0 Å². The number of aliphatic hydroxyl groups is 1. The molecule has 3 fully saturated rings. The van der Waals surface area contributed by atoms with Crippen LogP contribution in [0.15, 0.2) is 16.8 Å². The van der Waals surface area contributed by atoms with E-state index in [1.165, 1.54) is 5.57 Å². The highest BCUT2D eigenvalue weighted by Gasteiger charge is 2.63. The van der Waals surface area contributed by atoms with Crippen LogP contribution in [0.5, 0.6) is 0 Å². The molecule has 0 heterocycles. The summed E-state index contributed by atoms with van der Waals surface area (Å²) in [7, 11) is 0. The highest BCUT2D eigenvalue weighted by Crippen LogP contribution is 2.67. The number of terminal acetylenes is 1. The highest BCUT2D eigenvalue weighted by atomic mass is 16.6. The van der Waals surface area contributed by atoms with E-state index in [4.69, 9.17) is 11.3 Å². The SMILES string of the molecule is C#C[C@@]1(O)CC[C@H]2[C@@H]3CCC4=C/C(=N/OCC(=O)N[C@H](C(=O)O)[C@@H](C)CC)CC[C@]4(C)[C@H]3CC[C@@]21C. The largest absolute Gasteiger partial charge is 0.480 e. The minimum absolute atomic E-state index is 0.114. The zero-order valence-corrected chi connectivity index (χ0v) is 22.2. The average Bonchev–Trinajstić information content (AvgIpc) is 3.13. The zero-order valence-electron chi connectivity index (χ0n) is 22.2. The quantitative estimate of drug-likeness (QED) is 0.358. The topological polar surface area (TPSA) is 108 Å². The van der Waals surface area contributed by atoms with Gasteiger partial charge in [0.15, 0.2) is 6.61 Å². The summed E-state index contributed by atoms with van der Waals surface area (Å²) in [5.41, 5.74) is 1.20. The highest BCUT2D eigenvalue weighted by molar-refractivity contribution is 5.96. The summed E-state index contributed by atoms with van der Waals surface area (Å²) in [6, 6.07) is -0.930. The van der Waals surface area contributed by atoms with Crippen LogP contribution in [0.4, 0.5) is 0 Å². The Morgan fingerprint density at radius 1 is 1.22 bits per heavy atom. The summed E-state index contributed by atoms with van der Waals surface area (Å²) < 4.78 is 0. The lowest BCUT2D eigenvalue weighted by molar-refractivity contribution is -0.144. The first-order valence-electron chi connectivity index (χ1n) is 13.6. The number of carbonyl (C=O) groups is 2. The first kappa shape index (κ1) is 26.7. The molecule has 198 valence electrons. The van der Waals surface area contributed by atoms with Crippen LogP contribution in [0.2, 0.25) is 0 Å². The molecule has 0 aliphatic heterocycles. The third-order valence-corrected chi connectivity index (χ3v) is 10.5. The Hall–Kier alpha value is -2.33. The summed E-state index contributed by atoms with van der Waals surface area (Å²) in [5.74, 6) is 2.70. The fourth-order valence-corrected chi connectivity index (χ4v) is 7.97. The number of nitrogens with zero attached hydrogens (tertiary/aromatic N) is 1. The first-order chi connectivity index (χ1) is 17.0. The lowest BCUT2D eigenvalue weighted by Crippen LogP contribution is -2.54. The van der Waals surface area contributed by atoms with E-state index < -0.39 is 23.5 Å². The number of fused-ring (bicyclic) bond motifs is 5. The van der Waals surface area contributed by atoms with E-state index in [2.05, 4.69) is 36.3 Å². The number of hydrogen-bond acceptors (Lipinski definition) is 5. The number of carboxylic acids is 1. The molecular weight excluding hydrogens is 456 g/mol. The fourth-order valence-electron chi connectivity index (χ4n) is 7.97. The first-order valence-corrected chi connectivity index (χ1v) is 13.6. The van der Waals surface area contributed by atoms with Gasteiger partial charge in [0.05, 0.1) is 5.71 Å². The number of hydrogen-bond donors (Lipinski definition) is 3. The third kappa shape index (κ3) is 4.36. The van der Waals surface area contributed by atoms with Crippen molar-refractivity contribution in [1.29, 1.82) is 0 Å². The molecule has 0 unspecified atom stereocenters. The Bertz CT molecular complexity index is 998. The number of carbonyl (C=O) groups excluding carboxylic acids is 1. The number of carboxylic acid groups (broad SMARTS) is 1. The Morgan fingerprint density at radius 2 is 1.94 bits per heavy atom. The standard InChI is InChI=1S/C29H42N2O5/c1-6-18(3)25(26(33)34)30-24(32)17-36-31-20-10-13-27(4)19(16-20)8-9-21-22(27)11-14-28(5)23(21)12-15-29(28,35)7-2/h2,16,18,21-23,25,35H,6,8-15,17H2,1,3-5H3,(H,30,32)(H,33,34)/b31-20+/t18-,21+,22-,23-,25-,27-,28-,29+/m0/s1. The van der Waals surface area contributed by atoms with Crippen LogP contribution in [0.1, 0.15) is 85.5 Å². The fraction of sp³-hybridized carbons (Fsp3) is 0.759. The van der Waals surface area contributed by atoms with Crippen molar-refractivity contribution in [3.8, 4) is 12.3 Å². The number of amides is 1. The molecule has 4 rings (SSSR count). The Morgan fingerprint density at radius 3 is 2.61 bits per heavy atom. The number of nitrogens with one attached hydrogen (secondary N) is 1. The minimum Gasteiger partial charge on any atom is -0.480 e. The molecule has 0 aromatic heterocycles. The molecule has 3 saturated carbocycles. The van der Waals surface area contributed by atoms with E-state index in [9.17, 15) is 19.8 Å². The molecule has 0 radical (unpaired) electrons. The number of aliphatic carboxylic acids is 1. The van der Waals surface area contributed by atoms with Crippen LogP contribution in [0.3, 0.4) is 0 Å². The summed E-state index contributed by atoms with van der Waals surface area (Å²) >= 11 is 0. The summed E-state index contributed by atoms with van der Waals surface area (Å²) in [4.78, 5) is 29.0. The van der Waals surface area contributed by atoms with Crippen LogP contribution in [0, 0.1) is 46.8 Å². The van der Waals surface area contributed by atoms with Crippen molar-refractivity contribution in [2.24, 2.45) is 39.7 Å². The molecule has 4 aliphatic rings. The molecule has 3 N–H and O–H groups in total. The normalized spacial score (nSPS) is 40.1. The van der Waals surface area contributed by atoms with Crippen molar-refractivity contribution in [2.75, 3.05) is 6.61 Å². The maximum atomic E-state index is 12.2. The van der Waals surface area contributed by atoms with Gasteiger partial charge in [-0.05, 0) is 86.5 Å². The van der Waals surface area contributed by atoms with Crippen LogP contribution < -0.4 is 5.32 Å². The van der Waals surface area contributed by atoms with Crippen molar-refractivity contribution in [2.45, 2.75) is 97.1 Å². The molecule has 0 saturated heterocycles. The molecule has 8 atom stereocenters. The van der Waals surface area contributed by atoms with Gasteiger partial charge in [0.25, 0.3) is 5.91 Å². The van der Waals surface area contributed by atoms with E-state index in [1.807, 2.05) is 6.92 Å². The smallest absolute Gasteiger partial charge is 0.326 e. The van der Waals surface area contributed by atoms with Gasteiger partial charge in [0, 0.05) is 5.41 Å². The van der Waals surface area contributed by atoms with Gasteiger partial charge in [0.1, 0.15) is 11.6 Å². The van der Waals surface area contributed by atoms with Crippen LogP contribution in [-0.2, 0) is 14.4 Å². The Labute approximate surface area is 215 Å². The molecule has 0 bridgehead atoms. The van der Waals surface area contributed by atoms with E-state index in [1.54, 1.807) is 6.92 Å². The Balaban J connectivity index is 1.40. The monoisotopic (exact) mass is 498 g/mol. The molecule has 0 aromatic carbocycles. The molecule has 36 heavy (non-hydrogen) atoms. The molecule has 1 amide bonds. The van der Waals surface area contributed by atoms with Crippen LogP contribution in [0.25, 0.3) is 0 Å². The van der Waals surface area contributed by atoms with Gasteiger partial charge in [0.2, 0.25) is 0 Å². The maximum Gasteiger partial charge on any atom is 0.326 e.